The average Bonchev–Trinajstić information content (AvgIpc) is 2.17. The largest absolute Gasteiger partial charge is 0.294 e. The Morgan fingerprint density at radius 3 is 2.60 bits per heavy atom. The molecule has 0 aliphatic heterocycles. The highest BCUT2D eigenvalue weighted by Crippen LogP contribution is 2.16. The summed E-state index contributed by atoms with van der Waals surface area (Å²) < 4.78 is 0. The van der Waals surface area contributed by atoms with Crippen molar-refractivity contribution in [1.82, 2.24) is 4.98 Å². The minimum Gasteiger partial charge on any atom is -0.294 e. The first-order valence-corrected chi connectivity index (χ1v) is 5.54. The Morgan fingerprint density at radius 2 is 2.07 bits per heavy atom. The smallest absolute Gasteiger partial charge is 0.167 e. The number of hydrogen-bond donors (Lipinski definition) is 0. The van der Waals surface area contributed by atoms with E-state index in [1.807, 2.05) is 32.9 Å². The van der Waals surface area contributed by atoms with Crippen LogP contribution in [0.2, 0.25) is 0 Å². The van der Waals surface area contributed by atoms with Crippen molar-refractivity contribution in [3.05, 3.63) is 29.1 Å². The fraction of sp³-hybridized carbons (Fsp3) is 0.538. The molecule has 0 aliphatic rings. The van der Waals surface area contributed by atoms with E-state index in [1.54, 1.807) is 0 Å². The van der Waals surface area contributed by atoms with E-state index in [-0.39, 0.29) is 11.7 Å². The Bertz CT molecular complexity index is 358. The monoisotopic (exact) mass is 205 g/mol. The summed E-state index contributed by atoms with van der Waals surface area (Å²) in [6.07, 6.45) is 2.00. The van der Waals surface area contributed by atoms with Crippen LogP contribution in [0.25, 0.3) is 0 Å². The molecule has 0 N–H and O–H groups in total. The number of pyridine rings is 1. The van der Waals surface area contributed by atoms with Crippen LogP contribution in [-0.2, 0) is 0 Å². The Hall–Kier alpha value is -1.18. The maximum absolute atomic E-state index is 12.0. The summed E-state index contributed by atoms with van der Waals surface area (Å²) in [6, 6.07) is 3.80. The third-order valence-electron chi connectivity index (χ3n) is 2.66. The van der Waals surface area contributed by atoms with Gasteiger partial charge in [-0.25, -0.2) is 0 Å². The molecule has 0 saturated heterocycles. The van der Waals surface area contributed by atoms with Crippen LogP contribution in [0.3, 0.4) is 0 Å². The van der Waals surface area contributed by atoms with Crippen molar-refractivity contribution in [3.63, 3.8) is 0 Å². The number of ketones is 1. The Morgan fingerprint density at radius 1 is 1.40 bits per heavy atom. The van der Waals surface area contributed by atoms with Crippen LogP contribution in [0.15, 0.2) is 12.1 Å². The molecule has 1 atom stereocenters. The lowest BCUT2D eigenvalue weighted by Gasteiger charge is -2.10. The maximum atomic E-state index is 12.0. The molecule has 1 aromatic heterocycles. The van der Waals surface area contributed by atoms with E-state index in [0.717, 1.165) is 29.8 Å². The van der Waals surface area contributed by atoms with Gasteiger partial charge in [0.15, 0.2) is 5.78 Å². The van der Waals surface area contributed by atoms with Crippen molar-refractivity contribution in [2.24, 2.45) is 5.92 Å². The number of aryl methyl sites for hydroxylation is 2. The van der Waals surface area contributed by atoms with Gasteiger partial charge in [-0.05, 0) is 32.4 Å². The lowest BCUT2D eigenvalue weighted by molar-refractivity contribution is 0.0922. The van der Waals surface area contributed by atoms with E-state index >= 15 is 0 Å². The third-order valence-corrected chi connectivity index (χ3v) is 2.66. The minimum atomic E-state index is 0.109. The summed E-state index contributed by atoms with van der Waals surface area (Å²) in [5.41, 5.74) is 2.59. The number of carbonyl (C=O) groups excluding carboxylic acids is 1. The summed E-state index contributed by atoms with van der Waals surface area (Å²) in [7, 11) is 0. The van der Waals surface area contributed by atoms with E-state index in [0.29, 0.717) is 0 Å². The number of rotatable bonds is 4. The van der Waals surface area contributed by atoms with Gasteiger partial charge in [0.05, 0.1) is 0 Å². The lowest BCUT2D eigenvalue weighted by Crippen LogP contribution is -2.13. The zero-order valence-corrected chi connectivity index (χ0v) is 10.0. The molecule has 0 radical (unpaired) electrons. The molecule has 0 aliphatic carbocycles. The summed E-state index contributed by atoms with van der Waals surface area (Å²) >= 11 is 0. The first kappa shape index (κ1) is 11.9. The van der Waals surface area contributed by atoms with Gasteiger partial charge in [0, 0.05) is 22.9 Å². The van der Waals surface area contributed by atoms with E-state index in [2.05, 4.69) is 11.9 Å². The van der Waals surface area contributed by atoms with Gasteiger partial charge in [-0.1, -0.05) is 20.3 Å². The quantitative estimate of drug-likeness (QED) is 0.706. The van der Waals surface area contributed by atoms with Gasteiger partial charge in [0.1, 0.15) is 0 Å². The molecule has 0 bridgehead atoms. The Kier molecular flexibility index (Phi) is 4.01. The van der Waals surface area contributed by atoms with Crippen LogP contribution < -0.4 is 0 Å². The zero-order chi connectivity index (χ0) is 11.4. The lowest BCUT2D eigenvalue weighted by atomic mass is 9.94. The van der Waals surface area contributed by atoms with Gasteiger partial charge in [-0.3, -0.25) is 9.78 Å². The molecular formula is C13H19NO. The number of nitrogens with zero attached hydrogens (tertiary/aromatic N) is 1. The van der Waals surface area contributed by atoms with E-state index in [9.17, 15) is 4.79 Å². The third kappa shape index (κ3) is 2.88. The predicted molar refractivity (Wildman–Crippen MR) is 62.1 cm³/mol. The molecule has 82 valence electrons. The molecular weight excluding hydrogens is 186 g/mol. The summed E-state index contributed by atoms with van der Waals surface area (Å²) in [5.74, 6) is 0.333. The topological polar surface area (TPSA) is 30.0 Å². The SMILES string of the molecule is CCCC(C)C(=O)c1ccc(C)nc1C. The summed E-state index contributed by atoms with van der Waals surface area (Å²) in [5, 5.41) is 0. The van der Waals surface area contributed by atoms with Crippen molar-refractivity contribution in [3.8, 4) is 0 Å². The van der Waals surface area contributed by atoms with Gasteiger partial charge in [0.2, 0.25) is 0 Å². The van der Waals surface area contributed by atoms with Crippen molar-refractivity contribution in [1.29, 1.82) is 0 Å². The number of carbonyl (C=O) groups is 1. The van der Waals surface area contributed by atoms with Gasteiger partial charge in [-0.2, -0.15) is 0 Å². The van der Waals surface area contributed by atoms with Crippen molar-refractivity contribution >= 4 is 5.78 Å². The predicted octanol–water partition coefficient (Wildman–Crippen LogP) is 3.32. The second kappa shape index (κ2) is 5.06. The molecule has 1 aromatic rings. The summed E-state index contributed by atoms with van der Waals surface area (Å²) in [6.45, 7) is 7.94. The molecule has 0 saturated carbocycles. The molecule has 2 heteroatoms. The zero-order valence-electron chi connectivity index (χ0n) is 10.0. The summed E-state index contributed by atoms with van der Waals surface area (Å²) in [4.78, 5) is 16.3. The fourth-order valence-corrected chi connectivity index (χ4v) is 1.78. The number of Topliss-reactive ketones (excluding diaryl/α,β-unsaturated/α-hetero) is 1. The second-order valence-electron chi connectivity index (χ2n) is 4.14. The normalized spacial score (nSPS) is 12.5. The van der Waals surface area contributed by atoms with Crippen LogP contribution in [0, 0.1) is 19.8 Å². The fourth-order valence-electron chi connectivity index (χ4n) is 1.78. The van der Waals surface area contributed by atoms with E-state index in [4.69, 9.17) is 0 Å². The Balaban J connectivity index is 2.91. The molecule has 2 nitrogen and oxygen atoms in total. The van der Waals surface area contributed by atoms with Crippen LogP contribution in [0.1, 0.15) is 48.4 Å². The van der Waals surface area contributed by atoms with Crippen molar-refractivity contribution in [2.45, 2.75) is 40.5 Å². The van der Waals surface area contributed by atoms with Crippen LogP contribution in [0.4, 0.5) is 0 Å². The van der Waals surface area contributed by atoms with Crippen LogP contribution in [-0.4, -0.2) is 10.8 Å². The van der Waals surface area contributed by atoms with E-state index in [1.165, 1.54) is 0 Å². The van der Waals surface area contributed by atoms with Gasteiger partial charge in [-0.15, -0.1) is 0 Å². The molecule has 1 heterocycles. The first-order chi connectivity index (χ1) is 7.06. The van der Waals surface area contributed by atoms with Gasteiger partial charge in [0.25, 0.3) is 0 Å². The highest BCUT2D eigenvalue weighted by molar-refractivity contribution is 5.98. The number of hydrogen-bond acceptors (Lipinski definition) is 2. The van der Waals surface area contributed by atoms with Crippen LogP contribution in [0.5, 0.6) is 0 Å². The molecule has 15 heavy (non-hydrogen) atoms. The molecule has 0 fully saturated rings. The standard InChI is InChI=1S/C13H19NO/c1-5-6-9(2)13(15)12-8-7-10(3)14-11(12)4/h7-9H,5-6H2,1-4H3. The molecule has 0 amide bonds. The average molecular weight is 205 g/mol. The van der Waals surface area contributed by atoms with E-state index < -0.39 is 0 Å². The highest BCUT2D eigenvalue weighted by atomic mass is 16.1. The van der Waals surface area contributed by atoms with Crippen molar-refractivity contribution in [2.75, 3.05) is 0 Å². The molecule has 0 aromatic carbocycles. The molecule has 1 unspecified atom stereocenters. The number of aromatic nitrogens is 1. The van der Waals surface area contributed by atoms with Gasteiger partial charge < -0.3 is 0 Å². The molecule has 0 spiro atoms. The molecule has 1 rings (SSSR count). The van der Waals surface area contributed by atoms with Gasteiger partial charge >= 0.3 is 0 Å². The Labute approximate surface area is 91.7 Å². The van der Waals surface area contributed by atoms with Crippen molar-refractivity contribution < 1.29 is 4.79 Å². The minimum absolute atomic E-state index is 0.109. The second-order valence-corrected chi connectivity index (χ2v) is 4.14. The van der Waals surface area contributed by atoms with Crippen LogP contribution >= 0.6 is 0 Å². The maximum Gasteiger partial charge on any atom is 0.167 e. The first-order valence-electron chi connectivity index (χ1n) is 5.54. The highest BCUT2D eigenvalue weighted by Gasteiger charge is 2.16.